The summed E-state index contributed by atoms with van der Waals surface area (Å²) in [6.07, 6.45) is 0. The highest BCUT2D eigenvalue weighted by Gasteiger charge is 2.26. The Labute approximate surface area is 222 Å². The number of aromatic nitrogens is 8. The maximum Gasteiger partial charge on any atom is 0.281 e. The van der Waals surface area contributed by atoms with Crippen molar-refractivity contribution in [3.8, 4) is 40.0 Å². The van der Waals surface area contributed by atoms with Crippen LogP contribution in [0.25, 0.3) is 39.5 Å². The van der Waals surface area contributed by atoms with Crippen molar-refractivity contribution < 1.29 is 0 Å². The SMILES string of the molecule is Cc1c(-c2cc3nnc(-c4c(C)n(C)n(-c5ccccc5)c4=O)c(C#N)n3n2)c(=O)n(-c2ccccc2)n1C. The van der Waals surface area contributed by atoms with Crippen LogP contribution in [0.3, 0.4) is 0 Å². The van der Waals surface area contributed by atoms with Gasteiger partial charge in [0.25, 0.3) is 11.1 Å². The van der Waals surface area contributed by atoms with Crippen LogP contribution in [-0.4, -0.2) is 38.5 Å². The quantitative estimate of drug-likeness (QED) is 0.355. The van der Waals surface area contributed by atoms with E-state index >= 15 is 0 Å². The van der Waals surface area contributed by atoms with Gasteiger partial charge in [-0.25, -0.2) is 9.36 Å². The van der Waals surface area contributed by atoms with Crippen molar-refractivity contribution in [2.45, 2.75) is 13.8 Å². The molecule has 11 heteroatoms. The lowest BCUT2D eigenvalue weighted by Gasteiger charge is -2.07. The van der Waals surface area contributed by atoms with Gasteiger partial charge in [-0.05, 0) is 38.1 Å². The molecule has 39 heavy (non-hydrogen) atoms. The average molecular weight is 518 g/mol. The minimum absolute atomic E-state index is 0.0502. The first-order valence-corrected chi connectivity index (χ1v) is 12.2. The number of hydrogen-bond acceptors (Lipinski definition) is 6. The lowest BCUT2D eigenvalue weighted by atomic mass is 10.1. The van der Waals surface area contributed by atoms with Crippen molar-refractivity contribution in [1.29, 1.82) is 5.26 Å². The average Bonchev–Trinajstić information content (AvgIpc) is 3.54. The lowest BCUT2D eigenvalue weighted by molar-refractivity contribution is 0.630. The van der Waals surface area contributed by atoms with E-state index in [2.05, 4.69) is 21.4 Å². The standard InChI is InChI=1S/C28H23N9O2/c1-17-24(27(38)36(33(17)3)19-11-7-5-8-12-19)21-15-23-30-31-26(22(16-29)35(23)32-21)25-18(2)34(4)37(28(25)39)20-13-9-6-10-14-20/h5-15H,1-4H3. The summed E-state index contributed by atoms with van der Waals surface area (Å²) < 4.78 is 7.91. The maximum absolute atomic E-state index is 13.6. The minimum Gasteiger partial charge on any atom is -0.285 e. The minimum atomic E-state index is -0.330. The maximum atomic E-state index is 13.6. The van der Waals surface area contributed by atoms with Crippen LogP contribution in [-0.2, 0) is 14.1 Å². The molecule has 4 heterocycles. The summed E-state index contributed by atoms with van der Waals surface area (Å²) in [5.41, 5.74) is 3.60. The van der Waals surface area contributed by atoms with Gasteiger partial charge in [0.15, 0.2) is 11.3 Å². The second-order valence-corrected chi connectivity index (χ2v) is 9.18. The first-order chi connectivity index (χ1) is 18.8. The van der Waals surface area contributed by atoms with E-state index < -0.39 is 0 Å². The monoisotopic (exact) mass is 517 g/mol. The molecule has 0 aliphatic rings. The molecule has 6 aromatic rings. The van der Waals surface area contributed by atoms with E-state index in [-0.39, 0.29) is 33.7 Å². The third kappa shape index (κ3) is 3.46. The fourth-order valence-electron chi connectivity index (χ4n) is 4.95. The van der Waals surface area contributed by atoms with Crippen LogP contribution in [0.2, 0.25) is 0 Å². The van der Waals surface area contributed by atoms with Crippen LogP contribution in [0.4, 0.5) is 0 Å². The number of nitrogens with zero attached hydrogens (tertiary/aromatic N) is 9. The van der Waals surface area contributed by atoms with Gasteiger partial charge >= 0.3 is 0 Å². The van der Waals surface area contributed by atoms with Crippen LogP contribution >= 0.6 is 0 Å². The van der Waals surface area contributed by atoms with E-state index in [9.17, 15) is 14.9 Å². The summed E-state index contributed by atoms with van der Waals surface area (Å²) in [6.45, 7) is 3.62. The van der Waals surface area contributed by atoms with Gasteiger partial charge < -0.3 is 0 Å². The molecule has 0 aliphatic heterocycles. The van der Waals surface area contributed by atoms with Crippen LogP contribution in [0.15, 0.2) is 76.3 Å². The molecule has 0 saturated carbocycles. The van der Waals surface area contributed by atoms with Gasteiger partial charge in [-0.3, -0.25) is 19.0 Å². The van der Waals surface area contributed by atoms with Gasteiger partial charge in [-0.15, -0.1) is 10.2 Å². The highest BCUT2D eigenvalue weighted by atomic mass is 16.1. The van der Waals surface area contributed by atoms with Crippen LogP contribution in [0.5, 0.6) is 0 Å². The Morgan fingerprint density at radius 2 is 1.26 bits per heavy atom. The van der Waals surface area contributed by atoms with Gasteiger partial charge in [-0.2, -0.15) is 14.9 Å². The highest BCUT2D eigenvalue weighted by Crippen LogP contribution is 2.26. The van der Waals surface area contributed by atoms with Gasteiger partial charge in [-0.1, -0.05) is 36.4 Å². The predicted octanol–water partition coefficient (Wildman–Crippen LogP) is 2.93. The summed E-state index contributed by atoms with van der Waals surface area (Å²) in [5.74, 6) is 0. The predicted molar refractivity (Wildman–Crippen MR) is 145 cm³/mol. The molecule has 0 spiro atoms. The van der Waals surface area contributed by atoms with Crippen molar-refractivity contribution in [2.75, 3.05) is 0 Å². The summed E-state index contributed by atoms with van der Waals surface area (Å²) >= 11 is 0. The van der Waals surface area contributed by atoms with Crippen LogP contribution < -0.4 is 11.1 Å². The topological polar surface area (TPSA) is 121 Å². The molecule has 2 aromatic carbocycles. The van der Waals surface area contributed by atoms with Gasteiger partial charge in [0.1, 0.15) is 17.5 Å². The molecule has 4 aromatic heterocycles. The number of hydrogen-bond donors (Lipinski definition) is 0. The number of rotatable bonds is 4. The molecule has 0 saturated heterocycles. The zero-order valence-electron chi connectivity index (χ0n) is 21.7. The first kappa shape index (κ1) is 23.9. The fourth-order valence-corrected chi connectivity index (χ4v) is 4.95. The molecular formula is C28H23N9O2. The normalized spacial score (nSPS) is 11.3. The number of benzene rings is 2. The third-order valence-electron chi connectivity index (χ3n) is 7.09. The Bertz CT molecular complexity index is 2050. The Morgan fingerprint density at radius 3 is 1.79 bits per heavy atom. The van der Waals surface area contributed by atoms with Crippen LogP contribution in [0, 0.1) is 25.2 Å². The number of fused-ring (bicyclic) bond motifs is 1. The van der Waals surface area contributed by atoms with Gasteiger partial charge in [0.2, 0.25) is 0 Å². The molecular weight excluding hydrogens is 494 g/mol. The second kappa shape index (κ2) is 8.81. The molecule has 6 rings (SSSR count). The van der Waals surface area contributed by atoms with Crippen molar-refractivity contribution in [3.05, 3.63) is 105 Å². The lowest BCUT2D eigenvalue weighted by Crippen LogP contribution is -2.20. The molecule has 0 radical (unpaired) electrons. The Morgan fingerprint density at radius 1 is 0.744 bits per heavy atom. The largest absolute Gasteiger partial charge is 0.285 e. The molecule has 192 valence electrons. The fraction of sp³-hybridized carbons (Fsp3) is 0.143. The van der Waals surface area contributed by atoms with E-state index in [1.807, 2.05) is 67.6 Å². The molecule has 0 bridgehead atoms. The van der Waals surface area contributed by atoms with E-state index in [0.29, 0.717) is 28.3 Å². The molecule has 0 N–H and O–H groups in total. The highest BCUT2D eigenvalue weighted by molar-refractivity contribution is 5.71. The molecule has 0 amide bonds. The van der Waals surface area contributed by atoms with E-state index in [0.717, 1.165) is 5.69 Å². The molecule has 0 atom stereocenters. The van der Waals surface area contributed by atoms with Crippen molar-refractivity contribution in [3.63, 3.8) is 0 Å². The summed E-state index contributed by atoms with van der Waals surface area (Å²) in [6, 6.07) is 22.3. The Hall–Kier alpha value is -5.50. The Balaban J connectivity index is 1.56. The Kier molecular flexibility index (Phi) is 5.39. The molecule has 11 nitrogen and oxygen atoms in total. The first-order valence-electron chi connectivity index (χ1n) is 12.2. The summed E-state index contributed by atoms with van der Waals surface area (Å²) in [7, 11) is 3.57. The van der Waals surface area contributed by atoms with Gasteiger partial charge in [0.05, 0.1) is 22.5 Å². The zero-order chi connectivity index (χ0) is 27.4. The van der Waals surface area contributed by atoms with E-state index in [1.165, 1.54) is 9.20 Å². The van der Waals surface area contributed by atoms with Crippen molar-refractivity contribution in [1.82, 2.24) is 38.5 Å². The van der Waals surface area contributed by atoms with Gasteiger partial charge in [0, 0.05) is 31.5 Å². The van der Waals surface area contributed by atoms with Crippen molar-refractivity contribution >= 4 is 5.65 Å². The zero-order valence-corrected chi connectivity index (χ0v) is 21.7. The molecule has 0 aliphatic carbocycles. The molecule has 0 unspecified atom stereocenters. The van der Waals surface area contributed by atoms with Crippen molar-refractivity contribution in [2.24, 2.45) is 14.1 Å². The van der Waals surface area contributed by atoms with Crippen LogP contribution in [0.1, 0.15) is 17.1 Å². The number of nitriles is 1. The van der Waals surface area contributed by atoms with E-state index in [4.69, 9.17) is 0 Å². The smallest absolute Gasteiger partial charge is 0.281 e. The number of para-hydroxylation sites is 2. The molecule has 0 fully saturated rings. The third-order valence-corrected chi connectivity index (χ3v) is 7.09. The second-order valence-electron chi connectivity index (χ2n) is 9.18. The summed E-state index contributed by atoms with van der Waals surface area (Å²) in [4.78, 5) is 27.1. The summed E-state index contributed by atoms with van der Waals surface area (Å²) in [5, 5.41) is 23.4. The van der Waals surface area contributed by atoms with E-state index in [1.54, 1.807) is 41.1 Å².